The first-order valence-electron chi connectivity index (χ1n) is 6.49. The lowest BCUT2D eigenvalue weighted by Gasteiger charge is -2.19. The monoisotopic (exact) mass is 343 g/mol. The Balaban J connectivity index is 2.33. The van der Waals surface area contributed by atoms with Gasteiger partial charge in [-0.1, -0.05) is 65.7 Å². The van der Waals surface area contributed by atoms with E-state index in [9.17, 15) is 4.79 Å². The normalized spacial score (nSPS) is 13.1. The number of carbonyl (C=O) groups is 1. The van der Waals surface area contributed by atoms with Crippen molar-refractivity contribution >= 4 is 40.7 Å². The molecular weight excluding hydrogens is 329 g/mol. The molecule has 0 aliphatic heterocycles. The number of ketones is 1. The lowest BCUT2D eigenvalue weighted by Crippen LogP contribution is -2.27. The minimum absolute atomic E-state index is 0.136. The van der Waals surface area contributed by atoms with E-state index in [2.05, 4.69) is 10.3 Å². The Bertz CT molecular complexity index is 616. The standard InChI is InChI=1S/C14H15Cl2N3OS/c1-3-21-14(15,16)13(20)12-9-17-18-19(12)10(2)11-7-5-4-6-8-11/h4-10H,3H2,1-2H3/t10-/m1/s1. The van der Waals surface area contributed by atoms with Crippen molar-refractivity contribution in [3.63, 3.8) is 0 Å². The predicted molar refractivity (Wildman–Crippen MR) is 87.2 cm³/mol. The number of rotatable bonds is 6. The highest BCUT2D eigenvalue weighted by Crippen LogP contribution is 2.38. The molecule has 0 N–H and O–H groups in total. The second-order valence-electron chi connectivity index (χ2n) is 4.43. The van der Waals surface area contributed by atoms with Crippen molar-refractivity contribution in [2.75, 3.05) is 5.75 Å². The molecule has 0 saturated carbocycles. The highest BCUT2D eigenvalue weighted by Gasteiger charge is 2.37. The molecular formula is C14H15Cl2N3OS. The maximum Gasteiger partial charge on any atom is 0.228 e. The van der Waals surface area contributed by atoms with E-state index < -0.39 is 9.45 Å². The number of nitrogens with zero attached hydrogens (tertiary/aromatic N) is 3. The summed E-state index contributed by atoms with van der Waals surface area (Å²) in [7, 11) is 0. The number of Topliss-reactive ketones (excluding diaryl/α,β-unsaturated/α-hetero) is 1. The Morgan fingerprint density at radius 1 is 1.38 bits per heavy atom. The second-order valence-corrected chi connectivity index (χ2v) is 7.68. The van der Waals surface area contributed by atoms with Gasteiger partial charge < -0.3 is 0 Å². The van der Waals surface area contributed by atoms with E-state index in [-0.39, 0.29) is 6.04 Å². The molecule has 2 rings (SSSR count). The van der Waals surface area contributed by atoms with E-state index in [4.69, 9.17) is 23.2 Å². The van der Waals surface area contributed by atoms with Crippen molar-refractivity contribution in [2.24, 2.45) is 0 Å². The van der Waals surface area contributed by atoms with Gasteiger partial charge in [0, 0.05) is 0 Å². The molecule has 1 heterocycles. The van der Waals surface area contributed by atoms with Gasteiger partial charge in [0.25, 0.3) is 0 Å². The van der Waals surface area contributed by atoms with Crippen LogP contribution in [0, 0.1) is 0 Å². The maximum absolute atomic E-state index is 12.5. The molecule has 112 valence electrons. The van der Waals surface area contributed by atoms with Crippen molar-refractivity contribution in [1.82, 2.24) is 15.0 Å². The number of thioether (sulfide) groups is 1. The van der Waals surface area contributed by atoms with Crippen molar-refractivity contribution in [1.29, 1.82) is 0 Å². The van der Waals surface area contributed by atoms with Crippen LogP contribution in [0.4, 0.5) is 0 Å². The van der Waals surface area contributed by atoms with Crippen LogP contribution in [0.1, 0.15) is 35.9 Å². The minimum atomic E-state index is -1.52. The van der Waals surface area contributed by atoms with Crippen LogP contribution in [0.3, 0.4) is 0 Å². The van der Waals surface area contributed by atoms with Crippen molar-refractivity contribution in [2.45, 2.75) is 23.6 Å². The summed E-state index contributed by atoms with van der Waals surface area (Å²) in [5.74, 6) is 0.236. The molecule has 0 amide bonds. The Kier molecular flexibility index (Phi) is 5.30. The highest BCUT2D eigenvalue weighted by atomic mass is 35.5. The first-order chi connectivity index (χ1) is 9.97. The third-order valence-electron chi connectivity index (χ3n) is 3.05. The first kappa shape index (κ1) is 16.3. The number of carbonyl (C=O) groups excluding carboxylic acids is 1. The lowest BCUT2D eigenvalue weighted by atomic mass is 10.1. The fraction of sp³-hybridized carbons (Fsp3) is 0.357. The quantitative estimate of drug-likeness (QED) is 0.588. The third kappa shape index (κ3) is 3.59. The molecule has 0 aliphatic rings. The molecule has 1 aromatic heterocycles. The molecule has 2 aromatic rings. The van der Waals surface area contributed by atoms with Gasteiger partial charge in [-0.3, -0.25) is 4.79 Å². The zero-order valence-corrected chi connectivity index (χ0v) is 14.0. The molecule has 21 heavy (non-hydrogen) atoms. The summed E-state index contributed by atoms with van der Waals surface area (Å²) in [5, 5.41) is 7.84. The molecule has 0 saturated heterocycles. The zero-order valence-electron chi connectivity index (χ0n) is 11.7. The van der Waals surface area contributed by atoms with Gasteiger partial charge in [0.2, 0.25) is 9.45 Å². The van der Waals surface area contributed by atoms with Gasteiger partial charge >= 0.3 is 0 Å². The average molecular weight is 344 g/mol. The number of benzene rings is 1. The zero-order chi connectivity index (χ0) is 15.5. The summed E-state index contributed by atoms with van der Waals surface area (Å²) >= 11 is 13.4. The molecule has 1 aromatic carbocycles. The van der Waals surface area contributed by atoms with E-state index in [1.165, 1.54) is 18.0 Å². The first-order valence-corrected chi connectivity index (χ1v) is 8.23. The summed E-state index contributed by atoms with van der Waals surface area (Å²) in [6.07, 6.45) is 1.40. The summed E-state index contributed by atoms with van der Waals surface area (Å²) in [6, 6.07) is 9.61. The molecule has 0 unspecified atom stereocenters. The molecule has 0 spiro atoms. The summed E-state index contributed by atoms with van der Waals surface area (Å²) in [4.78, 5) is 12.5. The van der Waals surface area contributed by atoms with Crippen LogP contribution in [0.5, 0.6) is 0 Å². The second kappa shape index (κ2) is 6.81. The maximum atomic E-state index is 12.5. The van der Waals surface area contributed by atoms with E-state index in [0.717, 1.165) is 5.56 Å². The Morgan fingerprint density at radius 2 is 2.05 bits per heavy atom. The predicted octanol–water partition coefficient (Wildman–Crippen LogP) is 3.95. The number of alkyl halides is 2. The SMILES string of the molecule is CCSC(Cl)(Cl)C(=O)c1cnnn1[C@H](C)c1ccccc1. The van der Waals surface area contributed by atoms with Crippen molar-refractivity contribution in [3.05, 3.63) is 47.8 Å². The fourth-order valence-corrected chi connectivity index (χ4v) is 3.41. The van der Waals surface area contributed by atoms with Gasteiger partial charge in [-0.2, -0.15) is 0 Å². The Labute approximate surface area is 137 Å². The van der Waals surface area contributed by atoms with Crippen LogP contribution in [-0.4, -0.2) is 30.2 Å². The van der Waals surface area contributed by atoms with E-state index in [0.29, 0.717) is 11.4 Å². The number of hydrogen-bond acceptors (Lipinski definition) is 4. The Morgan fingerprint density at radius 3 is 2.67 bits per heavy atom. The van der Waals surface area contributed by atoms with Crippen molar-refractivity contribution < 1.29 is 4.79 Å². The van der Waals surface area contributed by atoms with Crippen LogP contribution in [0.2, 0.25) is 0 Å². The number of hydrogen-bond donors (Lipinski definition) is 0. The molecule has 1 atom stereocenters. The summed E-state index contributed by atoms with van der Waals surface area (Å²) in [6.45, 7) is 3.83. The number of halogens is 2. The molecule has 0 fully saturated rings. The highest BCUT2D eigenvalue weighted by molar-refractivity contribution is 8.04. The molecule has 0 bridgehead atoms. The van der Waals surface area contributed by atoms with Crippen LogP contribution in [0.15, 0.2) is 36.5 Å². The van der Waals surface area contributed by atoms with Crippen LogP contribution < -0.4 is 0 Å². The molecule has 7 heteroatoms. The van der Waals surface area contributed by atoms with E-state index in [1.807, 2.05) is 44.2 Å². The van der Waals surface area contributed by atoms with Crippen molar-refractivity contribution in [3.8, 4) is 0 Å². The molecule has 0 radical (unpaired) electrons. The smallest absolute Gasteiger partial charge is 0.228 e. The Hall–Kier alpha value is -1.04. The fourth-order valence-electron chi connectivity index (χ4n) is 1.96. The largest absolute Gasteiger partial charge is 0.288 e. The van der Waals surface area contributed by atoms with Crippen LogP contribution in [-0.2, 0) is 0 Å². The van der Waals surface area contributed by atoms with Gasteiger partial charge in [-0.05, 0) is 18.2 Å². The number of aromatic nitrogens is 3. The minimum Gasteiger partial charge on any atom is -0.288 e. The van der Waals surface area contributed by atoms with Gasteiger partial charge in [0.05, 0.1) is 12.2 Å². The van der Waals surface area contributed by atoms with Gasteiger partial charge in [-0.15, -0.1) is 16.9 Å². The third-order valence-corrected chi connectivity index (χ3v) is 4.88. The van der Waals surface area contributed by atoms with Gasteiger partial charge in [-0.25, -0.2) is 4.68 Å². The van der Waals surface area contributed by atoms with E-state index >= 15 is 0 Å². The van der Waals surface area contributed by atoms with Crippen LogP contribution in [0.25, 0.3) is 0 Å². The molecule has 4 nitrogen and oxygen atoms in total. The summed E-state index contributed by atoms with van der Waals surface area (Å²) < 4.78 is 0.0258. The lowest BCUT2D eigenvalue weighted by molar-refractivity contribution is 0.0987. The van der Waals surface area contributed by atoms with Gasteiger partial charge in [0.15, 0.2) is 0 Å². The topological polar surface area (TPSA) is 47.8 Å². The van der Waals surface area contributed by atoms with E-state index in [1.54, 1.807) is 4.68 Å². The summed E-state index contributed by atoms with van der Waals surface area (Å²) in [5.41, 5.74) is 1.33. The molecule has 0 aliphatic carbocycles. The average Bonchev–Trinajstić information content (AvgIpc) is 2.95. The van der Waals surface area contributed by atoms with Crippen LogP contribution >= 0.6 is 35.0 Å². The van der Waals surface area contributed by atoms with Gasteiger partial charge in [0.1, 0.15) is 5.69 Å².